The number of hydrogen-bond acceptors (Lipinski definition) is 2. The molecule has 0 bridgehead atoms. The predicted molar refractivity (Wildman–Crippen MR) is 72.2 cm³/mol. The van der Waals surface area contributed by atoms with Crippen LogP contribution in [0.3, 0.4) is 0 Å². The Bertz CT molecular complexity index is 553. The third-order valence-electron chi connectivity index (χ3n) is 2.02. The molecule has 2 rings (SSSR count). The van der Waals surface area contributed by atoms with Gasteiger partial charge in [-0.05, 0) is 34.1 Å². The predicted octanol–water partition coefficient (Wildman–Crippen LogP) is 2.92. The Balaban J connectivity index is 2.60. The summed E-state index contributed by atoms with van der Waals surface area (Å²) < 4.78 is 2.57. The molecule has 1 aromatic carbocycles. The summed E-state index contributed by atoms with van der Waals surface area (Å²) in [5, 5.41) is 4.77. The second kappa shape index (κ2) is 4.53. The molecular weight excluding hydrogens is 310 g/mol. The first-order chi connectivity index (χ1) is 7.58. The van der Waals surface area contributed by atoms with E-state index in [1.807, 2.05) is 12.3 Å². The van der Waals surface area contributed by atoms with Crippen molar-refractivity contribution in [2.45, 2.75) is 0 Å². The zero-order valence-electron chi connectivity index (χ0n) is 8.02. The van der Waals surface area contributed by atoms with Crippen LogP contribution in [0.4, 0.5) is 0 Å². The van der Waals surface area contributed by atoms with E-state index in [1.54, 1.807) is 23.0 Å². The molecule has 0 aliphatic heterocycles. The summed E-state index contributed by atoms with van der Waals surface area (Å²) in [7, 11) is 0. The smallest absolute Gasteiger partial charge is 0.106 e. The van der Waals surface area contributed by atoms with Crippen LogP contribution in [0, 0.1) is 0 Å². The lowest BCUT2D eigenvalue weighted by atomic mass is 10.2. The van der Waals surface area contributed by atoms with Crippen molar-refractivity contribution < 1.29 is 0 Å². The van der Waals surface area contributed by atoms with E-state index in [0.29, 0.717) is 15.6 Å². The minimum absolute atomic E-state index is 0.295. The van der Waals surface area contributed by atoms with Crippen LogP contribution < -0.4 is 5.73 Å². The number of hydrogen-bond donors (Lipinski definition) is 1. The molecule has 6 heteroatoms. The molecular formula is C10H7BrClN3S. The first-order valence-corrected chi connectivity index (χ1v) is 5.96. The summed E-state index contributed by atoms with van der Waals surface area (Å²) >= 11 is 14.2. The molecule has 0 atom stereocenters. The van der Waals surface area contributed by atoms with Crippen molar-refractivity contribution in [2.75, 3.05) is 0 Å². The summed E-state index contributed by atoms with van der Waals surface area (Å²) in [6, 6.07) is 5.33. The molecule has 0 amide bonds. The van der Waals surface area contributed by atoms with Crippen molar-refractivity contribution in [3.63, 3.8) is 0 Å². The molecule has 2 aromatic rings. The summed E-state index contributed by atoms with van der Waals surface area (Å²) in [5.74, 6) is 0. The Morgan fingerprint density at radius 3 is 2.81 bits per heavy atom. The molecule has 82 valence electrons. The molecule has 2 N–H and O–H groups in total. The van der Waals surface area contributed by atoms with Gasteiger partial charge in [0.05, 0.1) is 16.4 Å². The van der Waals surface area contributed by atoms with Gasteiger partial charge in [0.1, 0.15) is 4.99 Å². The number of rotatable bonds is 2. The molecule has 1 heterocycles. The van der Waals surface area contributed by atoms with E-state index in [4.69, 9.17) is 29.6 Å². The maximum Gasteiger partial charge on any atom is 0.106 e. The molecule has 0 saturated carbocycles. The lowest BCUT2D eigenvalue weighted by molar-refractivity contribution is 0.878. The average molecular weight is 317 g/mol. The Morgan fingerprint density at radius 2 is 2.25 bits per heavy atom. The van der Waals surface area contributed by atoms with Gasteiger partial charge in [-0.3, -0.25) is 0 Å². The Hall–Kier alpha value is -0.910. The second-order valence-electron chi connectivity index (χ2n) is 3.13. The van der Waals surface area contributed by atoms with Gasteiger partial charge < -0.3 is 5.73 Å². The van der Waals surface area contributed by atoms with E-state index in [2.05, 4.69) is 21.0 Å². The zero-order chi connectivity index (χ0) is 11.7. The summed E-state index contributed by atoms with van der Waals surface area (Å²) in [6.45, 7) is 0. The zero-order valence-corrected chi connectivity index (χ0v) is 11.2. The van der Waals surface area contributed by atoms with Crippen LogP contribution >= 0.6 is 39.7 Å². The third-order valence-corrected chi connectivity index (χ3v) is 2.89. The topological polar surface area (TPSA) is 43.8 Å². The van der Waals surface area contributed by atoms with Crippen LogP contribution in [0.15, 0.2) is 35.1 Å². The SMILES string of the molecule is NC(=S)c1cc(Cl)ccc1-n1cc(Br)cn1. The fourth-order valence-electron chi connectivity index (χ4n) is 1.34. The largest absolute Gasteiger partial charge is 0.389 e. The average Bonchev–Trinajstić information content (AvgIpc) is 2.64. The minimum atomic E-state index is 0.295. The van der Waals surface area contributed by atoms with Crippen molar-refractivity contribution >= 4 is 44.7 Å². The maximum atomic E-state index is 5.90. The van der Waals surface area contributed by atoms with Crippen molar-refractivity contribution in [3.8, 4) is 5.69 Å². The molecule has 0 saturated heterocycles. The Labute approximate surface area is 111 Å². The number of benzene rings is 1. The van der Waals surface area contributed by atoms with E-state index in [-0.39, 0.29) is 0 Å². The van der Waals surface area contributed by atoms with E-state index in [9.17, 15) is 0 Å². The molecule has 0 unspecified atom stereocenters. The highest BCUT2D eigenvalue weighted by molar-refractivity contribution is 9.10. The quantitative estimate of drug-likeness (QED) is 0.866. The number of nitrogens with two attached hydrogens (primary N) is 1. The molecule has 16 heavy (non-hydrogen) atoms. The van der Waals surface area contributed by atoms with Crippen LogP contribution in [0.5, 0.6) is 0 Å². The lowest BCUT2D eigenvalue weighted by Crippen LogP contribution is -2.13. The molecule has 3 nitrogen and oxygen atoms in total. The van der Waals surface area contributed by atoms with Gasteiger partial charge >= 0.3 is 0 Å². The van der Waals surface area contributed by atoms with Gasteiger partial charge in [0.15, 0.2) is 0 Å². The molecule has 0 fully saturated rings. The standard InChI is InChI=1S/C10H7BrClN3S/c11-6-4-14-15(5-6)9-2-1-7(12)3-8(9)10(13)16/h1-5H,(H2,13,16). The van der Waals surface area contributed by atoms with E-state index in [0.717, 1.165) is 10.2 Å². The Kier molecular flexibility index (Phi) is 3.28. The fourth-order valence-corrected chi connectivity index (χ4v) is 1.96. The number of aromatic nitrogens is 2. The van der Waals surface area contributed by atoms with Crippen LogP contribution in [0.2, 0.25) is 5.02 Å². The highest BCUT2D eigenvalue weighted by Gasteiger charge is 2.09. The summed E-state index contributed by atoms with van der Waals surface area (Å²) in [5.41, 5.74) is 7.16. The first-order valence-electron chi connectivity index (χ1n) is 4.38. The monoisotopic (exact) mass is 315 g/mol. The van der Waals surface area contributed by atoms with E-state index >= 15 is 0 Å². The number of nitrogens with zero attached hydrogens (tertiary/aromatic N) is 2. The highest BCUT2D eigenvalue weighted by atomic mass is 79.9. The van der Waals surface area contributed by atoms with Gasteiger partial charge in [0, 0.05) is 16.8 Å². The molecule has 1 aromatic heterocycles. The van der Waals surface area contributed by atoms with Crippen molar-refractivity contribution in [3.05, 3.63) is 45.7 Å². The molecule has 0 aliphatic rings. The van der Waals surface area contributed by atoms with Crippen molar-refractivity contribution in [2.24, 2.45) is 5.73 Å². The minimum Gasteiger partial charge on any atom is -0.389 e. The van der Waals surface area contributed by atoms with Gasteiger partial charge in [0.25, 0.3) is 0 Å². The fraction of sp³-hybridized carbons (Fsp3) is 0. The van der Waals surface area contributed by atoms with E-state index < -0.39 is 0 Å². The summed E-state index contributed by atoms with van der Waals surface area (Å²) in [4.78, 5) is 0.295. The Morgan fingerprint density at radius 1 is 1.50 bits per heavy atom. The van der Waals surface area contributed by atoms with Crippen LogP contribution in [-0.2, 0) is 0 Å². The van der Waals surface area contributed by atoms with Crippen LogP contribution in [-0.4, -0.2) is 14.8 Å². The van der Waals surface area contributed by atoms with E-state index in [1.165, 1.54) is 0 Å². The number of thiocarbonyl (C=S) groups is 1. The van der Waals surface area contributed by atoms with Gasteiger partial charge in [-0.25, -0.2) is 4.68 Å². The summed E-state index contributed by atoms with van der Waals surface area (Å²) in [6.07, 6.45) is 3.52. The van der Waals surface area contributed by atoms with Gasteiger partial charge in [-0.2, -0.15) is 5.10 Å². The van der Waals surface area contributed by atoms with Gasteiger partial charge in [-0.1, -0.05) is 23.8 Å². The van der Waals surface area contributed by atoms with Crippen LogP contribution in [0.25, 0.3) is 5.69 Å². The number of halogens is 2. The van der Waals surface area contributed by atoms with Crippen molar-refractivity contribution in [1.29, 1.82) is 0 Å². The molecule has 0 radical (unpaired) electrons. The normalized spacial score (nSPS) is 10.4. The van der Waals surface area contributed by atoms with Gasteiger partial charge in [0.2, 0.25) is 0 Å². The molecule has 0 aliphatic carbocycles. The van der Waals surface area contributed by atoms with Gasteiger partial charge in [-0.15, -0.1) is 0 Å². The third kappa shape index (κ3) is 2.26. The highest BCUT2D eigenvalue weighted by Crippen LogP contribution is 2.20. The lowest BCUT2D eigenvalue weighted by Gasteiger charge is -2.08. The van der Waals surface area contributed by atoms with Crippen molar-refractivity contribution in [1.82, 2.24) is 9.78 Å². The molecule has 0 spiro atoms. The maximum absolute atomic E-state index is 5.90. The first kappa shape index (κ1) is 11.6. The van der Waals surface area contributed by atoms with Crippen LogP contribution in [0.1, 0.15) is 5.56 Å². The second-order valence-corrected chi connectivity index (χ2v) is 4.92.